The minimum absolute atomic E-state index is 0.323. The molecule has 1 unspecified atom stereocenters. The molecule has 0 aromatic rings. The fraction of sp³-hybridized carbons (Fsp3) is 0.556. The predicted octanol–water partition coefficient (Wildman–Crippen LogP) is 0.242. The molecule has 2 rings (SSSR count). The van der Waals surface area contributed by atoms with Gasteiger partial charge in [0.25, 0.3) is 0 Å². The van der Waals surface area contributed by atoms with Gasteiger partial charge in [-0.3, -0.25) is 4.90 Å². The van der Waals surface area contributed by atoms with Gasteiger partial charge in [0, 0.05) is 12.7 Å². The van der Waals surface area contributed by atoms with Gasteiger partial charge in [-0.25, -0.2) is 9.59 Å². The first-order valence-corrected chi connectivity index (χ1v) is 4.70. The van der Waals surface area contributed by atoms with Gasteiger partial charge in [0.2, 0.25) is 6.29 Å². The second-order valence-corrected chi connectivity index (χ2v) is 3.06. The van der Waals surface area contributed by atoms with E-state index in [0.29, 0.717) is 25.5 Å². The van der Waals surface area contributed by atoms with Crippen molar-refractivity contribution in [2.45, 2.75) is 13.2 Å². The molecule has 1 atom stereocenters. The molecule has 6 heteroatoms. The lowest BCUT2D eigenvalue weighted by atomic mass is 10.3. The highest BCUT2D eigenvalue weighted by Gasteiger charge is 2.36. The normalized spacial score (nSPS) is 25.3. The average Bonchev–Trinajstić information content (AvgIpc) is 2.73. The summed E-state index contributed by atoms with van der Waals surface area (Å²) < 4.78 is 14.8. The van der Waals surface area contributed by atoms with Crippen molar-refractivity contribution in [3.05, 3.63) is 11.8 Å². The number of hydrogen-bond donors (Lipinski definition) is 0. The first-order valence-electron chi connectivity index (χ1n) is 4.70. The highest BCUT2D eigenvalue weighted by molar-refractivity contribution is 5.87. The van der Waals surface area contributed by atoms with Gasteiger partial charge in [-0.05, 0) is 6.92 Å². The molecule has 1 amide bonds. The summed E-state index contributed by atoms with van der Waals surface area (Å²) in [6, 6.07) is 0. The molecule has 0 aromatic heterocycles. The van der Waals surface area contributed by atoms with E-state index < -0.39 is 18.4 Å². The molecule has 0 bridgehead atoms. The van der Waals surface area contributed by atoms with E-state index >= 15 is 0 Å². The highest BCUT2D eigenvalue weighted by Crippen LogP contribution is 2.23. The number of rotatable bonds is 3. The first kappa shape index (κ1) is 9.97. The van der Waals surface area contributed by atoms with Crippen LogP contribution in [0.3, 0.4) is 0 Å². The van der Waals surface area contributed by atoms with Crippen LogP contribution in [0.2, 0.25) is 0 Å². The Morgan fingerprint density at radius 3 is 3.00 bits per heavy atom. The lowest BCUT2D eigenvalue weighted by molar-refractivity contribution is -0.160. The highest BCUT2D eigenvalue weighted by atomic mass is 16.7. The van der Waals surface area contributed by atoms with Crippen LogP contribution in [0.5, 0.6) is 0 Å². The molecule has 15 heavy (non-hydrogen) atoms. The molecular weight excluding hydrogens is 202 g/mol. The maximum atomic E-state index is 11.3. The zero-order valence-electron chi connectivity index (χ0n) is 8.26. The Balaban J connectivity index is 2.14. The van der Waals surface area contributed by atoms with Crippen molar-refractivity contribution < 1.29 is 23.8 Å². The van der Waals surface area contributed by atoms with Crippen LogP contribution in [0.4, 0.5) is 4.79 Å². The van der Waals surface area contributed by atoms with Gasteiger partial charge >= 0.3 is 12.1 Å². The van der Waals surface area contributed by atoms with Crippen molar-refractivity contribution in [1.29, 1.82) is 0 Å². The molecule has 2 aliphatic rings. The van der Waals surface area contributed by atoms with Crippen molar-refractivity contribution >= 4 is 12.1 Å². The van der Waals surface area contributed by atoms with Gasteiger partial charge in [0.1, 0.15) is 6.61 Å². The van der Waals surface area contributed by atoms with Crippen molar-refractivity contribution in [2.75, 3.05) is 19.8 Å². The molecule has 0 aliphatic carbocycles. The number of esters is 1. The van der Waals surface area contributed by atoms with Crippen molar-refractivity contribution in [2.24, 2.45) is 0 Å². The zero-order chi connectivity index (χ0) is 10.8. The SMILES string of the molecule is CCOC1OC(=O)C=C1N1CCOC1=O. The molecule has 82 valence electrons. The van der Waals surface area contributed by atoms with Gasteiger partial charge < -0.3 is 14.2 Å². The van der Waals surface area contributed by atoms with E-state index in [-0.39, 0.29) is 0 Å². The smallest absolute Gasteiger partial charge is 0.414 e. The van der Waals surface area contributed by atoms with Gasteiger partial charge in [-0.1, -0.05) is 0 Å². The standard InChI is InChI=1S/C9H11NO5/c1-2-13-8-6(5-7(11)15-8)10-3-4-14-9(10)12/h5,8H,2-4H2,1H3. The van der Waals surface area contributed by atoms with Gasteiger partial charge in [-0.15, -0.1) is 0 Å². The third kappa shape index (κ3) is 1.80. The largest absolute Gasteiger partial charge is 0.447 e. The molecule has 0 N–H and O–H groups in total. The molecule has 1 fully saturated rings. The van der Waals surface area contributed by atoms with Crippen LogP contribution in [-0.4, -0.2) is 43.0 Å². The van der Waals surface area contributed by atoms with Crippen LogP contribution in [0.1, 0.15) is 6.92 Å². The van der Waals surface area contributed by atoms with Crippen LogP contribution >= 0.6 is 0 Å². The van der Waals surface area contributed by atoms with Crippen LogP contribution in [0.25, 0.3) is 0 Å². The van der Waals surface area contributed by atoms with E-state index in [2.05, 4.69) is 0 Å². The number of amides is 1. The maximum absolute atomic E-state index is 11.3. The molecule has 2 aliphatic heterocycles. The van der Waals surface area contributed by atoms with Crippen molar-refractivity contribution in [1.82, 2.24) is 4.90 Å². The molecule has 6 nitrogen and oxygen atoms in total. The number of hydrogen-bond acceptors (Lipinski definition) is 5. The van der Waals surface area contributed by atoms with Crippen LogP contribution in [-0.2, 0) is 19.0 Å². The van der Waals surface area contributed by atoms with Crippen LogP contribution in [0, 0.1) is 0 Å². The van der Waals surface area contributed by atoms with E-state index in [4.69, 9.17) is 14.2 Å². The fourth-order valence-electron chi connectivity index (χ4n) is 1.49. The second-order valence-electron chi connectivity index (χ2n) is 3.06. The van der Waals surface area contributed by atoms with Crippen molar-refractivity contribution in [3.8, 4) is 0 Å². The Morgan fingerprint density at radius 1 is 1.60 bits per heavy atom. The number of carbonyl (C=O) groups is 2. The van der Waals surface area contributed by atoms with E-state index in [0.717, 1.165) is 0 Å². The molecule has 2 heterocycles. The Bertz CT molecular complexity index is 324. The van der Waals surface area contributed by atoms with Gasteiger partial charge in [-0.2, -0.15) is 0 Å². The number of nitrogens with zero attached hydrogens (tertiary/aromatic N) is 1. The predicted molar refractivity (Wildman–Crippen MR) is 47.6 cm³/mol. The maximum Gasteiger partial charge on any atom is 0.414 e. The third-order valence-corrected chi connectivity index (χ3v) is 2.12. The van der Waals surface area contributed by atoms with E-state index in [1.54, 1.807) is 6.92 Å². The van der Waals surface area contributed by atoms with E-state index in [9.17, 15) is 9.59 Å². The summed E-state index contributed by atoms with van der Waals surface area (Å²) in [5.74, 6) is -0.497. The molecule has 0 aromatic carbocycles. The summed E-state index contributed by atoms with van der Waals surface area (Å²) in [7, 11) is 0. The van der Waals surface area contributed by atoms with E-state index in [1.165, 1.54) is 11.0 Å². The monoisotopic (exact) mass is 213 g/mol. The lowest BCUT2D eigenvalue weighted by Crippen LogP contribution is -2.31. The number of ether oxygens (including phenoxy) is 3. The minimum Gasteiger partial charge on any atom is -0.447 e. The Morgan fingerprint density at radius 2 is 2.40 bits per heavy atom. The van der Waals surface area contributed by atoms with Crippen LogP contribution < -0.4 is 0 Å². The third-order valence-electron chi connectivity index (χ3n) is 2.12. The van der Waals surface area contributed by atoms with Gasteiger partial charge in [0.15, 0.2) is 0 Å². The molecule has 1 saturated heterocycles. The average molecular weight is 213 g/mol. The topological polar surface area (TPSA) is 65.1 Å². The summed E-state index contributed by atoms with van der Waals surface area (Å²) in [5.41, 5.74) is 0.421. The minimum atomic E-state index is -0.784. The summed E-state index contributed by atoms with van der Waals surface area (Å²) in [4.78, 5) is 23.7. The van der Waals surface area contributed by atoms with Crippen molar-refractivity contribution in [3.63, 3.8) is 0 Å². The Labute approximate surface area is 86.4 Å². The molecule has 0 radical (unpaired) electrons. The quantitative estimate of drug-likeness (QED) is 0.628. The number of cyclic esters (lactones) is 2. The summed E-state index contributed by atoms with van der Waals surface area (Å²) in [5, 5.41) is 0. The first-order chi connectivity index (χ1) is 7.22. The molecule has 0 saturated carbocycles. The Kier molecular flexibility index (Phi) is 2.59. The van der Waals surface area contributed by atoms with E-state index in [1.807, 2.05) is 0 Å². The zero-order valence-corrected chi connectivity index (χ0v) is 8.26. The summed E-state index contributed by atoms with van der Waals surface area (Å²) >= 11 is 0. The second kappa shape index (κ2) is 3.90. The van der Waals surface area contributed by atoms with Gasteiger partial charge in [0.05, 0.1) is 12.2 Å². The molecular formula is C9H11NO5. The fourth-order valence-corrected chi connectivity index (χ4v) is 1.49. The number of carbonyl (C=O) groups excluding carboxylic acids is 2. The lowest BCUT2D eigenvalue weighted by Gasteiger charge is -2.19. The Hall–Kier alpha value is -1.56. The molecule has 0 spiro atoms. The summed E-state index contributed by atoms with van der Waals surface area (Å²) in [6.07, 6.45) is 0.00445. The van der Waals surface area contributed by atoms with Crippen LogP contribution in [0.15, 0.2) is 11.8 Å². The summed E-state index contributed by atoms with van der Waals surface area (Å²) in [6.45, 7) is 2.93.